The summed E-state index contributed by atoms with van der Waals surface area (Å²) in [4.78, 5) is 41.2. The van der Waals surface area contributed by atoms with Crippen LogP contribution in [0.2, 0.25) is 0 Å². The molecular weight excluding hydrogens is 429 g/mol. The second-order valence-electron chi connectivity index (χ2n) is 1.12. The van der Waals surface area contributed by atoms with Gasteiger partial charge in [0.05, 0.1) is 25.4 Å². The van der Waals surface area contributed by atoms with Gasteiger partial charge in [-0.2, -0.15) is 0 Å². The quantitative estimate of drug-likeness (QED) is 0.247. The Balaban J connectivity index is -0.0000000250. The van der Waals surface area contributed by atoms with Crippen molar-refractivity contribution in [2.24, 2.45) is 0 Å². The molecule has 0 spiro atoms. The van der Waals surface area contributed by atoms with Gasteiger partial charge in [-0.3, -0.25) is 0 Å². The molecule has 22 heavy (non-hydrogen) atoms. The molecule has 0 unspecified atom stereocenters. The third kappa shape index (κ3) is 500. The Bertz CT molecular complexity index is 213. The smallest absolute Gasteiger partial charge is 0.356 e. The molecule has 0 N–H and O–H groups in total. The zero-order valence-electron chi connectivity index (χ0n) is 9.01. The molecule has 0 rings (SSSR count). The van der Waals surface area contributed by atoms with Crippen LogP contribution in [-0.4, -0.2) is 25.4 Å². The van der Waals surface area contributed by atoms with Crippen LogP contribution in [0.4, 0.5) is 0 Å². The Hall–Kier alpha value is -2.96. The van der Waals surface area contributed by atoms with Crippen molar-refractivity contribution in [3.8, 4) is 0 Å². The van der Waals surface area contributed by atoms with Crippen LogP contribution in [0.1, 0.15) is 0 Å². The number of hydrogen-bond donors (Lipinski definition) is 0. The maximum absolute atomic E-state index is 8.25. The van der Waals surface area contributed by atoms with Gasteiger partial charge in [0.2, 0.25) is 0 Å². The summed E-state index contributed by atoms with van der Waals surface area (Å²) in [6.45, 7) is 0. The second kappa shape index (κ2) is 36.1. The first kappa shape index (κ1) is 42.7. The Morgan fingerprint density at radius 1 is 0.364 bits per heavy atom. The molecule has 0 aromatic heterocycles. The summed E-state index contributed by atoms with van der Waals surface area (Å²) in [7, 11) is 0. The van der Waals surface area contributed by atoms with Crippen LogP contribution < -0.4 is 0 Å². The molecule has 134 valence electrons. The first-order valence-corrected chi connectivity index (χ1v) is 2.74. The van der Waals surface area contributed by atoms with E-state index in [1.54, 1.807) is 0 Å². The molecule has 0 aromatic rings. The summed E-state index contributed by atoms with van der Waals surface area (Å²) in [5, 5.41) is 73.8. The van der Waals surface area contributed by atoms with Crippen LogP contribution in [-0.2, 0) is 34.1 Å². The summed E-state index contributed by atoms with van der Waals surface area (Å²) in [5.41, 5.74) is 0. The summed E-state index contributed by atoms with van der Waals surface area (Å²) < 4.78 is 0. The van der Waals surface area contributed by atoms with Crippen molar-refractivity contribution in [3.63, 3.8) is 0 Å². The van der Waals surface area contributed by atoms with Gasteiger partial charge in [0.1, 0.15) is 0 Å². The molecule has 0 aromatic carbocycles. The Morgan fingerprint density at radius 3 is 0.364 bits per heavy atom. The summed E-state index contributed by atoms with van der Waals surface area (Å²) >= 11 is 0. The maximum atomic E-state index is 8.25. The van der Waals surface area contributed by atoms with Crippen LogP contribution in [0, 0.1) is 76.6 Å². The first-order chi connectivity index (χ1) is 8.66. The van der Waals surface area contributed by atoms with E-state index in [-0.39, 0.29) is 34.1 Å². The van der Waals surface area contributed by atoms with Crippen LogP contribution in [0.15, 0.2) is 0 Å². The Labute approximate surface area is 137 Å². The monoisotopic (exact) mass is 429 g/mol. The molecule has 0 atom stereocenters. The normalized spacial score (nSPS) is 5.45. The molecule has 0 saturated carbocycles. The minimum absolute atomic E-state index is 0. The third-order valence-corrected chi connectivity index (χ3v) is 0. The van der Waals surface area contributed by atoms with E-state index in [0.29, 0.717) is 0 Å². The number of rotatable bonds is 0. The van der Waals surface area contributed by atoms with Crippen molar-refractivity contribution in [3.05, 3.63) is 76.6 Å². The van der Waals surface area contributed by atoms with Gasteiger partial charge in [-0.05, 0) is 0 Å². The van der Waals surface area contributed by atoms with Gasteiger partial charge in [-0.1, -0.05) is 0 Å². The van der Waals surface area contributed by atoms with Gasteiger partial charge in [0.15, 0.2) is 0 Å². The van der Waals surface area contributed by atoms with E-state index in [1.807, 2.05) is 0 Å². The fourth-order valence-electron chi connectivity index (χ4n) is 0. The minimum Gasteiger partial charge on any atom is -0.356 e. The Kier molecular flexibility index (Phi) is 70.2. The van der Waals surface area contributed by atoms with Crippen LogP contribution >= 0.6 is 0 Å². The second-order valence-corrected chi connectivity index (χ2v) is 1.12. The first-order valence-electron chi connectivity index (χ1n) is 2.74. The van der Waals surface area contributed by atoms with E-state index in [4.69, 9.17) is 76.6 Å². The molecule has 2 radical (unpaired) electrons. The Morgan fingerprint density at radius 2 is 0.364 bits per heavy atom. The number of hydrogen-bond acceptors (Lipinski definition) is 15. The largest absolute Gasteiger partial charge is 3.00 e. The van der Waals surface area contributed by atoms with Gasteiger partial charge in [0, 0.05) is 0 Å². The average Bonchev–Trinajstić information content (AvgIpc) is 1.94. The van der Waals surface area contributed by atoms with Crippen molar-refractivity contribution < 1.29 is 59.6 Å². The third-order valence-electron chi connectivity index (χ3n) is 0. The molecule has 0 bridgehead atoms. The van der Waals surface area contributed by atoms with Crippen molar-refractivity contribution in [1.29, 1.82) is 0 Å². The van der Waals surface area contributed by atoms with Gasteiger partial charge >= 0.3 is 34.1 Å². The molecule has 0 saturated heterocycles. The van der Waals surface area contributed by atoms with E-state index in [0.717, 1.165) is 0 Å². The zero-order chi connectivity index (χ0) is 17.9. The molecule has 0 amide bonds. The molecule has 0 heterocycles. The fourth-order valence-corrected chi connectivity index (χ4v) is 0. The van der Waals surface area contributed by atoms with Crippen LogP contribution in [0.3, 0.4) is 0 Å². The fraction of sp³-hybridized carbons (Fsp3) is 0. The van der Waals surface area contributed by atoms with Crippen LogP contribution in [0.25, 0.3) is 0 Å². The number of nitrogens with zero attached hydrogens (tertiary/aromatic N) is 5. The van der Waals surface area contributed by atoms with Gasteiger partial charge in [-0.15, -0.1) is 0 Å². The van der Waals surface area contributed by atoms with E-state index in [9.17, 15) is 0 Å². The molecule has 0 aliphatic heterocycles. The molecule has 0 fully saturated rings. The van der Waals surface area contributed by atoms with E-state index >= 15 is 0 Å². The minimum atomic E-state index is -1.75. The molecule has 20 nitrogen and oxygen atoms in total. The standard InChI is InChI=1S/Cu.Fe.5NO3/c;;5*2-1(3)4/q+2;+3;5*-1. The van der Waals surface area contributed by atoms with E-state index < -0.39 is 25.4 Å². The van der Waals surface area contributed by atoms with E-state index in [1.165, 1.54) is 0 Å². The maximum Gasteiger partial charge on any atom is 3.00 e. The van der Waals surface area contributed by atoms with Crippen molar-refractivity contribution >= 4 is 0 Å². The van der Waals surface area contributed by atoms with Crippen molar-refractivity contribution in [2.75, 3.05) is 0 Å². The summed E-state index contributed by atoms with van der Waals surface area (Å²) in [6.07, 6.45) is 0. The SMILES string of the molecule is O=[N+]([O-])[O-].O=[N+]([O-])[O-].O=[N+]([O-])[O-].O=[N+]([O-])[O-].O=[N+]([O-])[O-].[Cu+2].[Fe+3]. The van der Waals surface area contributed by atoms with Gasteiger partial charge < -0.3 is 76.6 Å². The predicted molar refractivity (Wildman–Crippen MR) is 51.8 cm³/mol. The van der Waals surface area contributed by atoms with Crippen molar-refractivity contribution in [1.82, 2.24) is 0 Å². The average molecular weight is 429 g/mol. The zero-order valence-corrected chi connectivity index (χ0v) is 11.1. The van der Waals surface area contributed by atoms with Gasteiger partial charge in [-0.25, -0.2) is 0 Å². The van der Waals surface area contributed by atoms with Gasteiger partial charge in [0.25, 0.3) is 0 Å². The molecular formula is CuFeN5O15. The summed E-state index contributed by atoms with van der Waals surface area (Å²) in [5.74, 6) is 0. The molecule has 22 heteroatoms. The molecule has 0 aliphatic rings. The van der Waals surface area contributed by atoms with Crippen LogP contribution in [0.5, 0.6) is 0 Å². The predicted octanol–water partition coefficient (Wildman–Crippen LogP) is -1.20. The topological polar surface area (TPSA) is 331 Å². The van der Waals surface area contributed by atoms with Crippen molar-refractivity contribution in [2.45, 2.75) is 0 Å². The summed E-state index contributed by atoms with van der Waals surface area (Å²) in [6, 6.07) is 0. The van der Waals surface area contributed by atoms with E-state index in [2.05, 4.69) is 0 Å². The molecule has 0 aliphatic carbocycles.